The Morgan fingerprint density at radius 2 is 1.75 bits per heavy atom. The lowest BCUT2D eigenvalue weighted by molar-refractivity contribution is 0.102. The first-order valence-corrected chi connectivity index (χ1v) is 8.59. The Kier molecular flexibility index (Phi) is 5.08. The van der Waals surface area contributed by atoms with Crippen molar-refractivity contribution in [1.29, 1.82) is 0 Å². The van der Waals surface area contributed by atoms with E-state index >= 15 is 0 Å². The summed E-state index contributed by atoms with van der Waals surface area (Å²) in [5.74, 6) is 0.509. The van der Waals surface area contributed by atoms with E-state index in [0.29, 0.717) is 11.7 Å². The van der Waals surface area contributed by atoms with E-state index in [1.807, 2.05) is 32.0 Å². The minimum Gasteiger partial charge on any atom is -0.366 e. The second-order valence-corrected chi connectivity index (χ2v) is 6.49. The first kappa shape index (κ1) is 16.4. The van der Waals surface area contributed by atoms with E-state index in [4.69, 9.17) is 0 Å². The molecule has 1 amide bonds. The first-order chi connectivity index (χ1) is 11.6. The minimum absolute atomic E-state index is 0.232. The van der Waals surface area contributed by atoms with Crippen molar-refractivity contribution in [3.63, 3.8) is 0 Å². The third-order valence-corrected chi connectivity index (χ3v) is 4.56. The van der Waals surface area contributed by atoms with E-state index < -0.39 is 0 Å². The van der Waals surface area contributed by atoms with E-state index in [0.717, 1.165) is 22.6 Å². The van der Waals surface area contributed by atoms with Crippen molar-refractivity contribution < 1.29 is 4.79 Å². The lowest BCUT2D eigenvalue weighted by Crippen LogP contribution is -2.23. The van der Waals surface area contributed by atoms with Gasteiger partial charge in [0, 0.05) is 11.7 Å². The van der Waals surface area contributed by atoms with Crippen LogP contribution in [0.5, 0.6) is 0 Å². The fourth-order valence-corrected chi connectivity index (χ4v) is 3.17. The van der Waals surface area contributed by atoms with Crippen LogP contribution in [0.4, 0.5) is 11.5 Å². The molecule has 1 aliphatic carbocycles. The molecule has 0 atom stereocenters. The largest absolute Gasteiger partial charge is 0.366 e. The van der Waals surface area contributed by atoms with Gasteiger partial charge in [0.2, 0.25) is 0 Å². The molecular formula is C19H24N4O. The molecule has 2 N–H and O–H groups in total. The summed E-state index contributed by atoms with van der Waals surface area (Å²) in [5, 5.41) is 6.34. The van der Waals surface area contributed by atoms with Crippen LogP contribution in [0, 0.1) is 13.8 Å². The maximum Gasteiger partial charge on any atom is 0.275 e. The van der Waals surface area contributed by atoms with Gasteiger partial charge in [-0.05, 0) is 37.8 Å². The minimum atomic E-state index is -0.232. The third kappa shape index (κ3) is 3.91. The normalized spacial score (nSPS) is 15.1. The Morgan fingerprint density at radius 1 is 1.04 bits per heavy atom. The second kappa shape index (κ2) is 7.43. The maximum atomic E-state index is 12.4. The molecule has 24 heavy (non-hydrogen) atoms. The van der Waals surface area contributed by atoms with Crippen LogP contribution in [-0.2, 0) is 0 Å². The Bertz CT molecular complexity index is 686. The fraction of sp³-hybridized carbons (Fsp3) is 0.421. The summed E-state index contributed by atoms with van der Waals surface area (Å²) in [5.41, 5.74) is 3.24. The molecule has 5 heteroatoms. The summed E-state index contributed by atoms with van der Waals surface area (Å²) < 4.78 is 0. The predicted octanol–water partition coefficient (Wildman–Crippen LogP) is 4.09. The highest BCUT2D eigenvalue weighted by Gasteiger charge is 2.15. The molecular weight excluding hydrogens is 300 g/mol. The van der Waals surface area contributed by atoms with Gasteiger partial charge in [0.1, 0.15) is 11.5 Å². The number of hydrogen-bond donors (Lipinski definition) is 2. The van der Waals surface area contributed by atoms with Crippen LogP contribution in [0.3, 0.4) is 0 Å². The molecule has 1 heterocycles. The summed E-state index contributed by atoms with van der Waals surface area (Å²) in [6.45, 7) is 3.96. The monoisotopic (exact) mass is 324 g/mol. The van der Waals surface area contributed by atoms with Crippen molar-refractivity contribution in [3.05, 3.63) is 47.4 Å². The highest BCUT2D eigenvalue weighted by atomic mass is 16.1. The van der Waals surface area contributed by atoms with Gasteiger partial charge in [0.25, 0.3) is 5.91 Å². The van der Waals surface area contributed by atoms with E-state index in [2.05, 4.69) is 20.6 Å². The van der Waals surface area contributed by atoms with Crippen LogP contribution in [0.15, 0.2) is 30.6 Å². The van der Waals surface area contributed by atoms with Gasteiger partial charge in [0.05, 0.1) is 12.4 Å². The summed E-state index contributed by atoms with van der Waals surface area (Å²) in [6.07, 6.45) is 9.39. The smallest absolute Gasteiger partial charge is 0.275 e. The highest BCUT2D eigenvalue weighted by Crippen LogP contribution is 2.21. The number of carbonyl (C=O) groups is 1. The molecule has 5 nitrogen and oxygen atoms in total. The van der Waals surface area contributed by atoms with Crippen LogP contribution in [-0.4, -0.2) is 21.9 Å². The molecule has 2 aromatic rings. The van der Waals surface area contributed by atoms with Gasteiger partial charge in [-0.1, -0.05) is 37.5 Å². The number of amides is 1. The van der Waals surface area contributed by atoms with Crippen LogP contribution < -0.4 is 10.6 Å². The van der Waals surface area contributed by atoms with Gasteiger partial charge in [-0.25, -0.2) is 9.97 Å². The zero-order valence-corrected chi connectivity index (χ0v) is 14.3. The Morgan fingerprint density at radius 3 is 2.38 bits per heavy atom. The number of rotatable bonds is 4. The molecule has 1 aromatic carbocycles. The van der Waals surface area contributed by atoms with E-state index in [1.165, 1.54) is 38.3 Å². The van der Waals surface area contributed by atoms with Crippen LogP contribution >= 0.6 is 0 Å². The molecule has 0 saturated heterocycles. The summed E-state index contributed by atoms with van der Waals surface area (Å²) >= 11 is 0. The number of nitrogens with zero attached hydrogens (tertiary/aromatic N) is 2. The van der Waals surface area contributed by atoms with Gasteiger partial charge >= 0.3 is 0 Å². The number of hydrogen-bond acceptors (Lipinski definition) is 4. The SMILES string of the molecule is Cc1cccc(C)c1NC(=O)c1cnc(NC2CCCCC2)cn1. The number of carbonyl (C=O) groups excluding carboxylic acids is 1. The van der Waals surface area contributed by atoms with Crippen LogP contribution in [0.25, 0.3) is 0 Å². The highest BCUT2D eigenvalue weighted by molar-refractivity contribution is 6.03. The summed E-state index contributed by atoms with van der Waals surface area (Å²) in [6, 6.07) is 6.41. The van der Waals surface area contributed by atoms with Gasteiger partial charge in [0.15, 0.2) is 0 Å². The molecule has 0 radical (unpaired) electrons. The van der Waals surface area contributed by atoms with Gasteiger partial charge in [-0.15, -0.1) is 0 Å². The molecule has 1 aromatic heterocycles. The lowest BCUT2D eigenvalue weighted by atomic mass is 9.96. The van der Waals surface area contributed by atoms with E-state index in [1.54, 1.807) is 6.20 Å². The average molecular weight is 324 g/mol. The van der Waals surface area contributed by atoms with Crippen LogP contribution in [0.1, 0.15) is 53.7 Å². The topological polar surface area (TPSA) is 66.9 Å². The van der Waals surface area contributed by atoms with Gasteiger partial charge < -0.3 is 10.6 Å². The Balaban J connectivity index is 1.65. The molecule has 1 saturated carbocycles. The number of aryl methyl sites for hydroxylation is 2. The maximum absolute atomic E-state index is 12.4. The fourth-order valence-electron chi connectivity index (χ4n) is 3.17. The van der Waals surface area contributed by atoms with Crippen molar-refractivity contribution in [3.8, 4) is 0 Å². The first-order valence-electron chi connectivity index (χ1n) is 8.59. The molecule has 0 aliphatic heterocycles. The molecule has 1 fully saturated rings. The lowest BCUT2D eigenvalue weighted by Gasteiger charge is -2.23. The zero-order valence-electron chi connectivity index (χ0n) is 14.3. The quantitative estimate of drug-likeness (QED) is 0.889. The number of aromatic nitrogens is 2. The van der Waals surface area contributed by atoms with Crippen molar-refractivity contribution in [2.75, 3.05) is 10.6 Å². The summed E-state index contributed by atoms with van der Waals surface area (Å²) in [7, 11) is 0. The van der Waals surface area contributed by atoms with Crippen molar-refractivity contribution in [1.82, 2.24) is 9.97 Å². The van der Waals surface area contributed by atoms with Gasteiger partial charge in [-0.2, -0.15) is 0 Å². The number of nitrogens with one attached hydrogen (secondary N) is 2. The molecule has 126 valence electrons. The Hall–Kier alpha value is -2.43. The molecule has 0 bridgehead atoms. The average Bonchev–Trinajstić information content (AvgIpc) is 2.60. The van der Waals surface area contributed by atoms with E-state index in [-0.39, 0.29) is 5.91 Å². The summed E-state index contributed by atoms with van der Waals surface area (Å²) in [4.78, 5) is 21.0. The Labute approximate surface area is 142 Å². The third-order valence-electron chi connectivity index (χ3n) is 4.56. The van der Waals surface area contributed by atoms with Gasteiger partial charge in [-0.3, -0.25) is 4.79 Å². The molecule has 1 aliphatic rings. The van der Waals surface area contributed by atoms with Crippen molar-refractivity contribution in [2.45, 2.75) is 52.0 Å². The number of anilines is 2. The zero-order chi connectivity index (χ0) is 16.9. The predicted molar refractivity (Wildman–Crippen MR) is 96.4 cm³/mol. The molecule has 0 unspecified atom stereocenters. The second-order valence-electron chi connectivity index (χ2n) is 6.49. The number of benzene rings is 1. The standard InChI is InChI=1S/C19H24N4O/c1-13-7-6-8-14(2)18(13)23-19(24)16-11-21-17(12-20-16)22-15-9-4-3-5-10-15/h6-8,11-12,15H,3-5,9-10H2,1-2H3,(H,21,22)(H,23,24). The van der Waals surface area contributed by atoms with Crippen molar-refractivity contribution >= 4 is 17.4 Å². The van der Waals surface area contributed by atoms with E-state index in [9.17, 15) is 4.79 Å². The molecule has 3 rings (SSSR count). The molecule has 0 spiro atoms. The van der Waals surface area contributed by atoms with Crippen molar-refractivity contribution in [2.24, 2.45) is 0 Å². The van der Waals surface area contributed by atoms with Crippen LogP contribution in [0.2, 0.25) is 0 Å². The number of para-hydroxylation sites is 1.